The van der Waals surface area contributed by atoms with Gasteiger partial charge in [0.1, 0.15) is 0 Å². The van der Waals surface area contributed by atoms with Crippen molar-refractivity contribution in [2.45, 2.75) is 6.04 Å². The van der Waals surface area contributed by atoms with Gasteiger partial charge in [-0.2, -0.15) is 8.42 Å². The molecule has 0 spiro atoms. The summed E-state index contributed by atoms with van der Waals surface area (Å²) in [6.07, 6.45) is 6.91. The predicted molar refractivity (Wildman–Crippen MR) is 45.1 cm³/mol. The Morgan fingerprint density at radius 2 is 2.18 bits per heavy atom. The summed E-state index contributed by atoms with van der Waals surface area (Å²) in [7, 11) is -0.393. The van der Waals surface area contributed by atoms with E-state index in [0.29, 0.717) is 4.86 Å². The number of hydrogen-bond donors (Lipinski definition) is 1. The van der Waals surface area contributed by atoms with Gasteiger partial charge in [0.15, 0.2) is 0 Å². The predicted octanol–water partition coefficient (Wildman–Crippen LogP) is -0.248. The van der Waals surface area contributed by atoms with E-state index >= 15 is 0 Å². The highest BCUT2D eigenvalue weighted by molar-refractivity contribution is 7.73. The lowest BCUT2D eigenvalue weighted by molar-refractivity contribution is 0.626. The van der Waals surface area contributed by atoms with E-state index in [1.165, 1.54) is 0 Å². The zero-order valence-electron chi connectivity index (χ0n) is 6.11. The smallest absolute Gasteiger partial charge is 0.219 e. The van der Waals surface area contributed by atoms with Gasteiger partial charge in [-0.05, 0) is 13.1 Å². The van der Waals surface area contributed by atoms with Crippen molar-refractivity contribution in [1.29, 1.82) is 0 Å². The Labute approximate surface area is 67.0 Å². The van der Waals surface area contributed by atoms with E-state index in [4.69, 9.17) is 0 Å². The molecule has 4 heteroatoms. The van der Waals surface area contributed by atoms with Crippen LogP contribution in [0.4, 0.5) is 0 Å². The minimum atomic E-state index is -2.12. The zero-order chi connectivity index (χ0) is 8.27. The molecule has 3 nitrogen and oxygen atoms in total. The summed E-state index contributed by atoms with van der Waals surface area (Å²) in [6, 6.07) is -0.168. The van der Waals surface area contributed by atoms with E-state index in [1.807, 2.05) is 6.08 Å². The molecule has 0 saturated heterocycles. The average Bonchev–Trinajstić information content (AvgIpc) is 2.04. The zero-order valence-corrected chi connectivity index (χ0v) is 6.93. The molecule has 11 heavy (non-hydrogen) atoms. The van der Waals surface area contributed by atoms with Gasteiger partial charge in [0.25, 0.3) is 0 Å². The summed E-state index contributed by atoms with van der Waals surface area (Å²) in [6.45, 7) is 0. The molecule has 0 fully saturated rings. The number of rotatable bonds is 1. The van der Waals surface area contributed by atoms with Crippen LogP contribution >= 0.6 is 0 Å². The van der Waals surface area contributed by atoms with Crippen LogP contribution in [0.5, 0.6) is 0 Å². The third-order valence-corrected chi connectivity index (χ3v) is 2.26. The first-order chi connectivity index (χ1) is 5.25. The van der Waals surface area contributed by atoms with Crippen LogP contribution in [0.25, 0.3) is 0 Å². The van der Waals surface area contributed by atoms with E-state index in [9.17, 15) is 8.42 Å². The van der Waals surface area contributed by atoms with Crippen molar-refractivity contribution in [2.24, 2.45) is 0 Å². The molecule has 1 unspecified atom stereocenters. The molecule has 1 aliphatic carbocycles. The summed E-state index contributed by atoms with van der Waals surface area (Å²) >= 11 is 0. The summed E-state index contributed by atoms with van der Waals surface area (Å²) in [5, 5.41) is 2.87. The number of hydrogen-bond acceptors (Lipinski definition) is 3. The Hall–Kier alpha value is -0.870. The maximum Gasteiger partial charge on any atom is 0.219 e. The van der Waals surface area contributed by atoms with Crippen LogP contribution in [0, 0.1) is 0 Å². The average molecular weight is 171 g/mol. The number of likely N-dealkylation sites (N-methyl/N-ethyl adjacent to an activating group) is 1. The fourth-order valence-corrected chi connectivity index (χ4v) is 1.52. The van der Waals surface area contributed by atoms with Gasteiger partial charge in [-0.15, -0.1) is 0 Å². The third-order valence-electron chi connectivity index (χ3n) is 1.49. The molecule has 1 aliphatic rings. The Morgan fingerprint density at radius 1 is 1.45 bits per heavy atom. The second-order valence-electron chi connectivity index (χ2n) is 2.15. The number of nitrogens with one attached hydrogen (secondary N) is 1. The molecule has 1 N–H and O–H groups in total. The molecule has 0 saturated carbocycles. The lowest BCUT2D eigenvalue weighted by Gasteiger charge is -2.10. The lowest BCUT2D eigenvalue weighted by Crippen LogP contribution is -2.32. The Bertz CT molecular complexity index is 316. The molecule has 0 amide bonds. The van der Waals surface area contributed by atoms with E-state index in [1.54, 1.807) is 25.3 Å². The van der Waals surface area contributed by atoms with Crippen molar-refractivity contribution in [3.05, 3.63) is 24.3 Å². The van der Waals surface area contributed by atoms with Crippen LogP contribution in [-0.2, 0) is 10.3 Å². The van der Waals surface area contributed by atoms with Gasteiger partial charge >= 0.3 is 0 Å². The van der Waals surface area contributed by atoms with Crippen LogP contribution in [0.3, 0.4) is 0 Å². The van der Waals surface area contributed by atoms with Crippen molar-refractivity contribution in [3.63, 3.8) is 0 Å². The SMILES string of the molecule is CNC1C=CC=CC1=S(=O)=O. The van der Waals surface area contributed by atoms with Crippen LogP contribution in [0.2, 0.25) is 0 Å². The highest BCUT2D eigenvalue weighted by atomic mass is 32.2. The fraction of sp³-hybridized carbons (Fsp3) is 0.286. The van der Waals surface area contributed by atoms with E-state index in [0.717, 1.165) is 0 Å². The first kappa shape index (κ1) is 8.23. The normalized spacial score (nSPS) is 22.3. The molecule has 1 rings (SSSR count). The minimum Gasteiger partial charge on any atom is -0.309 e. The Morgan fingerprint density at radius 3 is 2.64 bits per heavy atom. The van der Waals surface area contributed by atoms with Crippen LogP contribution in [0.15, 0.2) is 24.3 Å². The van der Waals surface area contributed by atoms with Crippen LogP contribution < -0.4 is 5.32 Å². The van der Waals surface area contributed by atoms with Gasteiger partial charge in [-0.25, -0.2) is 0 Å². The molecular weight excluding hydrogens is 162 g/mol. The van der Waals surface area contributed by atoms with Crippen LogP contribution in [-0.4, -0.2) is 26.4 Å². The van der Waals surface area contributed by atoms with Gasteiger partial charge in [-0.1, -0.05) is 18.2 Å². The highest BCUT2D eigenvalue weighted by Crippen LogP contribution is 1.98. The molecular formula is C7H9NO2S. The Balaban J connectivity index is 3.08. The van der Waals surface area contributed by atoms with E-state index in [-0.39, 0.29) is 6.04 Å². The third kappa shape index (κ3) is 1.78. The summed E-state index contributed by atoms with van der Waals surface area (Å²) < 4.78 is 21.1. The molecule has 0 aromatic carbocycles. The first-order valence-electron chi connectivity index (χ1n) is 3.24. The van der Waals surface area contributed by atoms with Crippen LogP contribution in [0.1, 0.15) is 0 Å². The van der Waals surface area contributed by atoms with E-state index < -0.39 is 10.3 Å². The molecule has 0 aliphatic heterocycles. The van der Waals surface area contributed by atoms with Crippen molar-refractivity contribution in [2.75, 3.05) is 7.05 Å². The molecule has 1 atom stereocenters. The maximum absolute atomic E-state index is 10.6. The largest absolute Gasteiger partial charge is 0.309 e. The maximum atomic E-state index is 10.6. The van der Waals surface area contributed by atoms with Gasteiger partial charge in [-0.3, -0.25) is 0 Å². The van der Waals surface area contributed by atoms with E-state index in [2.05, 4.69) is 5.32 Å². The summed E-state index contributed by atoms with van der Waals surface area (Å²) in [5.41, 5.74) is 0. The van der Waals surface area contributed by atoms with Gasteiger partial charge in [0, 0.05) is 0 Å². The quantitative estimate of drug-likeness (QED) is 0.553. The summed E-state index contributed by atoms with van der Waals surface area (Å²) in [5.74, 6) is 0. The minimum absolute atomic E-state index is 0.168. The van der Waals surface area contributed by atoms with Gasteiger partial charge in [0.2, 0.25) is 10.3 Å². The van der Waals surface area contributed by atoms with Crippen molar-refractivity contribution in [3.8, 4) is 0 Å². The molecule has 0 heterocycles. The summed E-state index contributed by atoms with van der Waals surface area (Å²) in [4.78, 5) is 0.384. The molecule has 60 valence electrons. The Kier molecular flexibility index (Phi) is 2.62. The second-order valence-corrected chi connectivity index (χ2v) is 3.09. The molecule has 0 aromatic heterocycles. The van der Waals surface area contributed by atoms with Crippen molar-refractivity contribution >= 4 is 15.2 Å². The standard InChI is InChI=1S/C7H9NO2S/c1-8-6-4-2-3-5-7(6)11(9)10/h2-6,8H,1H3. The van der Waals surface area contributed by atoms with Crippen molar-refractivity contribution in [1.82, 2.24) is 5.32 Å². The molecule has 0 aromatic rings. The fourth-order valence-electron chi connectivity index (χ4n) is 0.922. The molecule has 0 bridgehead atoms. The van der Waals surface area contributed by atoms with Crippen molar-refractivity contribution < 1.29 is 8.42 Å². The molecule has 0 radical (unpaired) electrons. The number of allylic oxidation sites excluding steroid dienone is 2. The first-order valence-corrected chi connectivity index (χ1v) is 4.31. The lowest BCUT2D eigenvalue weighted by atomic mass is 10.1. The topological polar surface area (TPSA) is 46.2 Å². The van der Waals surface area contributed by atoms with Gasteiger partial charge in [0.05, 0.1) is 10.9 Å². The highest BCUT2D eigenvalue weighted by Gasteiger charge is 2.10. The second kappa shape index (κ2) is 3.50. The van der Waals surface area contributed by atoms with Gasteiger partial charge < -0.3 is 5.32 Å². The monoisotopic (exact) mass is 171 g/mol.